The summed E-state index contributed by atoms with van der Waals surface area (Å²) in [5, 5.41) is 9.84. The van der Waals surface area contributed by atoms with E-state index in [1.807, 2.05) is 0 Å². The van der Waals surface area contributed by atoms with Gasteiger partial charge in [0, 0.05) is 50.7 Å². The molecule has 0 bridgehead atoms. The zero-order chi connectivity index (χ0) is 12.8. The van der Waals surface area contributed by atoms with E-state index in [0.29, 0.717) is 6.61 Å². The van der Waals surface area contributed by atoms with E-state index in [-0.39, 0.29) is 0 Å². The first kappa shape index (κ1) is 13.7. The first-order valence-corrected chi connectivity index (χ1v) is 7.51. The zero-order valence-corrected chi connectivity index (χ0v) is 11.8. The molecular formula is C12H22N4OS. The van der Waals surface area contributed by atoms with E-state index in [1.165, 1.54) is 11.5 Å². The number of rotatable bonds is 6. The first-order chi connectivity index (χ1) is 8.83. The second-order valence-electron chi connectivity index (χ2n) is 4.61. The molecule has 6 heteroatoms. The Balaban J connectivity index is 1.75. The van der Waals surface area contributed by atoms with Crippen LogP contribution < -0.4 is 4.90 Å². The molecule has 1 aromatic rings. The molecule has 0 unspecified atom stereocenters. The van der Waals surface area contributed by atoms with Crippen LogP contribution in [0.2, 0.25) is 0 Å². The van der Waals surface area contributed by atoms with Crippen LogP contribution in [-0.2, 0) is 6.42 Å². The van der Waals surface area contributed by atoms with Gasteiger partial charge in [-0.15, -0.1) is 0 Å². The maximum atomic E-state index is 8.77. The molecule has 0 aliphatic carbocycles. The number of aliphatic hydroxyl groups is 1. The van der Waals surface area contributed by atoms with Crippen LogP contribution in [0, 0.1) is 0 Å². The molecule has 0 spiro atoms. The van der Waals surface area contributed by atoms with E-state index in [1.54, 1.807) is 0 Å². The lowest BCUT2D eigenvalue weighted by molar-refractivity contribution is 0.232. The standard InChI is InChI=1S/C12H22N4OS/c1-2-11-13-12(18-14-11)16-8-6-15(7-9-16)5-3-4-10-17/h17H,2-10H2,1H3. The van der Waals surface area contributed by atoms with Crippen LogP contribution in [0.3, 0.4) is 0 Å². The van der Waals surface area contributed by atoms with Crippen LogP contribution >= 0.6 is 11.5 Å². The number of hydrogen-bond acceptors (Lipinski definition) is 6. The second-order valence-corrected chi connectivity index (χ2v) is 5.34. The van der Waals surface area contributed by atoms with Crippen LogP contribution in [0.5, 0.6) is 0 Å². The lowest BCUT2D eigenvalue weighted by Gasteiger charge is -2.34. The molecule has 0 amide bonds. The average Bonchev–Trinajstić information content (AvgIpc) is 2.89. The number of aromatic nitrogens is 2. The molecule has 102 valence electrons. The topological polar surface area (TPSA) is 52.5 Å². The molecule has 0 aromatic carbocycles. The van der Waals surface area contributed by atoms with Crippen molar-refractivity contribution in [1.82, 2.24) is 14.3 Å². The number of anilines is 1. The molecule has 2 rings (SSSR count). The SMILES string of the molecule is CCc1nsc(N2CCN(CCCCO)CC2)n1. The molecule has 1 saturated heterocycles. The third kappa shape index (κ3) is 3.63. The Hall–Kier alpha value is -0.720. The van der Waals surface area contributed by atoms with Crippen molar-refractivity contribution in [3.05, 3.63) is 5.82 Å². The highest BCUT2D eigenvalue weighted by Crippen LogP contribution is 2.19. The molecule has 2 heterocycles. The molecule has 0 radical (unpaired) electrons. The summed E-state index contributed by atoms with van der Waals surface area (Å²) in [6.45, 7) is 7.76. The molecule has 0 saturated carbocycles. The fourth-order valence-electron chi connectivity index (χ4n) is 2.13. The zero-order valence-electron chi connectivity index (χ0n) is 11.0. The van der Waals surface area contributed by atoms with Crippen LogP contribution in [0.25, 0.3) is 0 Å². The third-order valence-corrected chi connectivity index (χ3v) is 4.11. The van der Waals surface area contributed by atoms with Gasteiger partial charge >= 0.3 is 0 Å². The van der Waals surface area contributed by atoms with Crippen LogP contribution in [-0.4, -0.2) is 58.7 Å². The molecule has 1 aliphatic heterocycles. The minimum atomic E-state index is 0.310. The van der Waals surface area contributed by atoms with Gasteiger partial charge < -0.3 is 10.0 Å². The van der Waals surface area contributed by atoms with Crippen LogP contribution in [0.4, 0.5) is 5.13 Å². The maximum Gasteiger partial charge on any atom is 0.205 e. The van der Waals surface area contributed by atoms with Crippen LogP contribution in [0.1, 0.15) is 25.6 Å². The Morgan fingerprint density at radius 2 is 2.00 bits per heavy atom. The Bertz CT molecular complexity index is 350. The van der Waals surface area contributed by atoms with Crippen molar-refractivity contribution < 1.29 is 5.11 Å². The van der Waals surface area contributed by atoms with Gasteiger partial charge in [0.15, 0.2) is 0 Å². The van der Waals surface area contributed by atoms with Gasteiger partial charge in [-0.05, 0) is 19.4 Å². The summed E-state index contributed by atoms with van der Waals surface area (Å²) in [5.74, 6) is 0.959. The fourth-order valence-corrected chi connectivity index (χ4v) is 2.93. The van der Waals surface area contributed by atoms with E-state index in [4.69, 9.17) is 5.11 Å². The van der Waals surface area contributed by atoms with Crippen LogP contribution in [0.15, 0.2) is 0 Å². The summed E-state index contributed by atoms with van der Waals surface area (Å²) in [6.07, 6.45) is 2.92. The van der Waals surface area contributed by atoms with Gasteiger partial charge in [0.25, 0.3) is 0 Å². The Morgan fingerprint density at radius 1 is 1.22 bits per heavy atom. The fraction of sp³-hybridized carbons (Fsp3) is 0.833. The van der Waals surface area contributed by atoms with Gasteiger partial charge in [0.1, 0.15) is 5.82 Å². The largest absolute Gasteiger partial charge is 0.396 e. The summed E-state index contributed by atoms with van der Waals surface area (Å²) in [6, 6.07) is 0. The van der Waals surface area contributed by atoms with Gasteiger partial charge in [-0.2, -0.15) is 4.37 Å². The number of hydrogen-bond donors (Lipinski definition) is 1. The molecule has 1 aliphatic rings. The van der Waals surface area contributed by atoms with Crippen molar-refractivity contribution in [2.45, 2.75) is 26.2 Å². The van der Waals surface area contributed by atoms with Crippen molar-refractivity contribution >= 4 is 16.7 Å². The van der Waals surface area contributed by atoms with E-state index in [0.717, 1.165) is 62.9 Å². The Morgan fingerprint density at radius 3 is 2.61 bits per heavy atom. The average molecular weight is 270 g/mol. The molecule has 1 fully saturated rings. The quantitative estimate of drug-likeness (QED) is 0.781. The van der Waals surface area contributed by atoms with Gasteiger partial charge in [-0.25, -0.2) is 4.98 Å². The lowest BCUT2D eigenvalue weighted by Crippen LogP contribution is -2.46. The number of aryl methyl sites for hydroxylation is 1. The molecule has 1 aromatic heterocycles. The summed E-state index contributed by atoms with van der Waals surface area (Å²) < 4.78 is 4.34. The molecule has 0 atom stereocenters. The molecule has 1 N–H and O–H groups in total. The summed E-state index contributed by atoms with van der Waals surface area (Å²) in [7, 11) is 0. The van der Waals surface area contributed by atoms with Crippen molar-refractivity contribution in [3.63, 3.8) is 0 Å². The predicted molar refractivity (Wildman–Crippen MR) is 74.3 cm³/mol. The van der Waals surface area contributed by atoms with E-state index in [9.17, 15) is 0 Å². The van der Waals surface area contributed by atoms with E-state index in [2.05, 4.69) is 26.1 Å². The van der Waals surface area contributed by atoms with Gasteiger partial charge in [-0.3, -0.25) is 4.90 Å². The highest BCUT2D eigenvalue weighted by molar-refractivity contribution is 7.09. The Kier molecular flexibility index (Phi) is 5.34. The van der Waals surface area contributed by atoms with Crippen molar-refractivity contribution in [3.8, 4) is 0 Å². The highest BCUT2D eigenvalue weighted by Gasteiger charge is 2.19. The highest BCUT2D eigenvalue weighted by atomic mass is 32.1. The van der Waals surface area contributed by atoms with Crippen molar-refractivity contribution in [2.24, 2.45) is 0 Å². The molecule has 18 heavy (non-hydrogen) atoms. The van der Waals surface area contributed by atoms with Crippen molar-refractivity contribution in [2.75, 3.05) is 44.2 Å². The van der Waals surface area contributed by atoms with Gasteiger partial charge in [-0.1, -0.05) is 6.92 Å². The van der Waals surface area contributed by atoms with Gasteiger partial charge in [0.2, 0.25) is 5.13 Å². The third-order valence-electron chi connectivity index (χ3n) is 3.30. The Labute approximate surface area is 113 Å². The molecular weight excluding hydrogens is 248 g/mol. The number of piperazine rings is 1. The van der Waals surface area contributed by atoms with Crippen molar-refractivity contribution in [1.29, 1.82) is 0 Å². The van der Waals surface area contributed by atoms with E-state index < -0.39 is 0 Å². The minimum absolute atomic E-state index is 0.310. The predicted octanol–water partition coefficient (Wildman–Crippen LogP) is 0.995. The normalized spacial score (nSPS) is 17.3. The number of aliphatic hydroxyl groups excluding tert-OH is 1. The number of nitrogens with zero attached hydrogens (tertiary/aromatic N) is 4. The monoisotopic (exact) mass is 270 g/mol. The molecule has 5 nitrogen and oxygen atoms in total. The minimum Gasteiger partial charge on any atom is -0.396 e. The first-order valence-electron chi connectivity index (χ1n) is 6.74. The van der Waals surface area contributed by atoms with Gasteiger partial charge in [0.05, 0.1) is 0 Å². The van der Waals surface area contributed by atoms with E-state index >= 15 is 0 Å². The number of unbranched alkanes of at least 4 members (excludes halogenated alkanes) is 1. The second kappa shape index (κ2) is 7.01. The maximum absolute atomic E-state index is 8.77. The smallest absolute Gasteiger partial charge is 0.205 e. The summed E-state index contributed by atoms with van der Waals surface area (Å²) in [5.41, 5.74) is 0. The lowest BCUT2D eigenvalue weighted by atomic mass is 10.2. The summed E-state index contributed by atoms with van der Waals surface area (Å²) in [4.78, 5) is 9.33. The summed E-state index contributed by atoms with van der Waals surface area (Å²) >= 11 is 1.52.